The average Bonchev–Trinajstić information content (AvgIpc) is 2.15. The lowest BCUT2D eigenvalue weighted by molar-refractivity contribution is 0.0696. The SMILES string of the molecule is CC(C)=CCc1ccc(C(=O)O)cn1. The van der Waals surface area contributed by atoms with Crippen LogP contribution in [0.25, 0.3) is 0 Å². The Hall–Kier alpha value is -1.64. The summed E-state index contributed by atoms with van der Waals surface area (Å²) in [7, 11) is 0. The number of carboxylic acids is 1. The molecule has 1 aromatic heterocycles. The highest BCUT2D eigenvalue weighted by atomic mass is 16.4. The van der Waals surface area contributed by atoms with Crippen molar-refractivity contribution in [3.8, 4) is 0 Å². The number of nitrogens with zero attached hydrogens (tertiary/aromatic N) is 1. The fraction of sp³-hybridized carbons (Fsp3) is 0.273. The predicted molar refractivity (Wildman–Crippen MR) is 54.3 cm³/mol. The molecule has 1 heterocycles. The summed E-state index contributed by atoms with van der Waals surface area (Å²) >= 11 is 0. The van der Waals surface area contributed by atoms with Gasteiger partial charge in [-0.3, -0.25) is 4.98 Å². The number of pyridine rings is 1. The Bertz CT molecular complexity index is 348. The van der Waals surface area contributed by atoms with Crippen LogP contribution in [-0.2, 0) is 6.42 Å². The van der Waals surface area contributed by atoms with E-state index in [9.17, 15) is 4.79 Å². The number of aromatic nitrogens is 1. The molecular formula is C11H13NO2. The van der Waals surface area contributed by atoms with Crippen LogP contribution < -0.4 is 0 Å². The minimum atomic E-state index is -0.939. The maximum Gasteiger partial charge on any atom is 0.337 e. The third-order valence-corrected chi connectivity index (χ3v) is 1.79. The normalized spacial score (nSPS) is 9.57. The molecule has 0 spiro atoms. The second kappa shape index (κ2) is 4.56. The lowest BCUT2D eigenvalue weighted by Crippen LogP contribution is -1.98. The lowest BCUT2D eigenvalue weighted by Gasteiger charge is -1.97. The molecule has 1 N–H and O–H groups in total. The molecule has 0 aliphatic rings. The number of carbonyl (C=O) groups is 1. The van der Waals surface area contributed by atoms with Crippen LogP contribution in [0, 0.1) is 0 Å². The summed E-state index contributed by atoms with van der Waals surface area (Å²) in [5, 5.41) is 8.64. The average molecular weight is 191 g/mol. The monoisotopic (exact) mass is 191 g/mol. The highest BCUT2D eigenvalue weighted by molar-refractivity contribution is 5.87. The largest absolute Gasteiger partial charge is 0.478 e. The maximum absolute atomic E-state index is 10.5. The Morgan fingerprint density at radius 1 is 1.50 bits per heavy atom. The van der Waals surface area contributed by atoms with Crippen LogP contribution in [0.15, 0.2) is 30.0 Å². The first-order chi connectivity index (χ1) is 6.59. The molecule has 0 saturated carbocycles. The van der Waals surface area contributed by atoms with Gasteiger partial charge < -0.3 is 5.11 Å². The van der Waals surface area contributed by atoms with Crippen LogP contribution in [0.3, 0.4) is 0 Å². The summed E-state index contributed by atoms with van der Waals surface area (Å²) in [6, 6.07) is 3.31. The Balaban J connectivity index is 2.74. The fourth-order valence-electron chi connectivity index (χ4n) is 0.980. The van der Waals surface area contributed by atoms with E-state index < -0.39 is 5.97 Å². The molecule has 0 fully saturated rings. The Labute approximate surface area is 83.1 Å². The maximum atomic E-state index is 10.5. The summed E-state index contributed by atoms with van der Waals surface area (Å²) in [6.45, 7) is 4.04. The van der Waals surface area contributed by atoms with E-state index in [0.29, 0.717) is 0 Å². The van der Waals surface area contributed by atoms with Crippen molar-refractivity contribution < 1.29 is 9.90 Å². The van der Waals surface area contributed by atoms with Gasteiger partial charge in [-0.15, -0.1) is 0 Å². The van der Waals surface area contributed by atoms with Crippen LogP contribution in [0.2, 0.25) is 0 Å². The van der Waals surface area contributed by atoms with Crippen molar-refractivity contribution >= 4 is 5.97 Å². The van der Waals surface area contributed by atoms with Crippen molar-refractivity contribution in [1.82, 2.24) is 4.98 Å². The zero-order chi connectivity index (χ0) is 10.6. The van der Waals surface area contributed by atoms with Crippen LogP contribution in [-0.4, -0.2) is 16.1 Å². The second-order valence-electron chi connectivity index (χ2n) is 3.33. The Kier molecular flexibility index (Phi) is 3.40. The summed E-state index contributed by atoms with van der Waals surface area (Å²) in [6.07, 6.45) is 4.20. The first-order valence-electron chi connectivity index (χ1n) is 4.41. The number of carboxylic acid groups (broad SMARTS) is 1. The van der Waals surface area contributed by atoms with Gasteiger partial charge in [0.25, 0.3) is 0 Å². The minimum absolute atomic E-state index is 0.228. The van der Waals surface area contributed by atoms with Crippen molar-refractivity contribution in [2.45, 2.75) is 20.3 Å². The van der Waals surface area contributed by atoms with Crippen molar-refractivity contribution in [3.63, 3.8) is 0 Å². The molecule has 3 heteroatoms. The molecule has 0 aliphatic heterocycles. The molecular weight excluding hydrogens is 178 g/mol. The summed E-state index contributed by atoms with van der Waals surface area (Å²) in [5.74, 6) is -0.939. The van der Waals surface area contributed by atoms with Gasteiger partial charge in [0, 0.05) is 18.3 Å². The van der Waals surface area contributed by atoms with Crippen molar-refractivity contribution in [2.75, 3.05) is 0 Å². The van der Waals surface area contributed by atoms with Gasteiger partial charge in [0.1, 0.15) is 0 Å². The van der Waals surface area contributed by atoms with Crippen LogP contribution in [0.5, 0.6) is 0 Å². The number of hydrogen-bond donors (Lipinski definition) is 1. The van der Waals surface area contributed by atoms with Gasteiger partial charge in [-0.05, 0) is 26.0 Å². The molecule has 0 radical (unpaired) electrons. The predicted octanol–water partition coefficient (Wildman–Crippen LogP) is 2.29. The second-order valence-corrected chi connectivity index (χ2v) is 3.33. The van der Waals surface area contributed by atoms with Gasteiger partial charge in [0.15, 0.2) is 0 Å². The van der Waals surface area contributed by atoms with Crippen molar-refractivity contribution in [2.24, 2.45) is 0 Å². The van der Waals surface area contributed by atoms with Gasteiger partial charge in [0.05, 0.1) is 5.56 Å². The molecule has 74 valence electrons. The zero-order valence-electron chi connectivity index (χ0n) is 8.32. The third kappa shape index (κ3) is 3.01. The summed E-state index contributed by atoms with van der Waals surface area (Å²) < 4.78 is 0. The quantitative estimate of drug-likeness (QED) is 0.746. The molecule has 0 bridgehead atoms. The molecule has 0 aliphatic carbocycles. The first-order valence-corrected chi connectivity index (χ1v) is 4.41. The number of allylic oxidation sites excluding steroid dienone is 2. The Morgan fingerprint density at radius 2 is 2.21 bits per heavy atom. The fourth-order valence-corrected chi connectivity index (χ4v) is 0.980. The molecule has 0 unspecified atom stereocenters. The van der Waals surface area contributed by atoms with Crippen LogP contribution >= 0.6 is 0 Å². The summed E-state index contributed by atoms with van der Waals surface area (Å²) in [4.78, 5) is 14.6. The topological polar surface area (TPSA) is 50.2 Å². The molecule has 3 nitrogen and oxygen atoms in total. The highest BCUT2D eigenvalue weighted by Crippen LogP contribution is 2.03. The molecule has 14 heavy (non-hydrogen) atoms. The van der Waals surface area contributed by atoms with Crippen LogP contribution in [0.4, 0.5) is 0 Å². The van der Waals surface area contributed by atoms with Gasteiger partial charge >= 0.3 is 5.97 Å². The van der Waals surface area contributed by atoms with E-state index in [4.69, 9.17) is 5.11 Å². The minimum Gasteiger partial charge on any atom is -0.478 e. The van der Waals surface area contributed by atoms with E-state index >= 15 is 0 Å². The first kappa shape index (κ1) is 10.4. The van der Waals surface area contributed by atoms with Crippen LogP contribution in [0.1, 0.15) is 29.9 Å². The van der Waals surface area contributed by atoms with Crippen molar-refractivity contribution in [1.29, 1.82) is 0 Å². The number of hydrogen-bond acceptors (Lipinski definition) is 2. The Morgan fingerprint density at radius 3 is 2.64 bits per heavy atom. The molecule has 0 saturated heterocycles. The molecule has 0 atom stereocenters. The van der Waals surface area contributed by atoms with E-state index in [0.717, 1.165) is 12.1 Å². The van der Waals surface area contributed by atoms with Gasteiger partial charge in [-0.25, -0.2) is 4.79 Å². The summed E-state index contributed by atoms with van der Waals surface area (Å²) in [5.41, 5.74) is 2.34. The highest BCUT2D eigenvalue weighted by Gasteiger charge is 2.01. The van der Waals surface area contributed by atoms with Crippen molar-refractivity contribution in [3.05, 3.63) is 41.2 Å². The molecule has 0 amide bonds. The van der Waals surface area contributed by atoms with E-state index in [2.05, 4.69) is 11.1 Å². The number of aromatic carboxylic acids is 1. The van der Waals surface area contributed by atoms with E-state index in [1.807, 2.05) is 13.8 Å². The number of rotatable bonds is 3. The van der Waals surface area contributed by atoms with E-state index in [1.165, 1.54) is 11.8 Å². The van der Waals surface area contributed by atoms with Gasteiger partial charge in [-0.1, -0.05) is 11.6 Å². The zero-order valence-corrected chi connectivity index (χ0v) is 8.32. The van der Waals surface area contributed by atoms with Gasteiger partial charge in [0.2, 0.25) is 0 Å². The van der Waals surface area contributed by atoms with E-state index in [-0.39, 0.29) is 5.56 Å². The lowest BCUT2D eigenvalue weighted by atomic mass is 10.2. The standard InChI is InChI=1S/C11H13NO2/c1-8(2)3-5-10-6-4-9(7-12-10)11(13)14/h3-4,6-7H,5H2,1-2H3,(H,13,14). The molecule has 1 aromatic rings. The smallest absolute Gasteiger partial charge is 0.337 e. The molecule has 1 rings (SSSR count). The molecule has 0 aromatic carbocycles. The van der Waals surface area contributed by atoms with E-state index in [1.54, 1.807) is 12.1 Å². The third-order valence-electron chi connectivity index (χ3n) is 1.79. The van der Waals surface area contributed by atoms with Gasteiger partial charge in [-0.2, -0.15) is 0 Å².